The summed E-state index contributed by atoms with van der Waals surface area (Å²) in [6.45, 7) is 0. The van der Waals surface area contributed by atoms with Gasteiger partial charge in [0.2, 0.25) is 5.16 Å². The van der Waals surface area contributed by atoms with E-state index in [1.807, 2.05) is 30.3 Å². The molecule has 4 rings (SSSR count). The second-order valence-electron chi connectivity index (χ2n) is 6.30. The van der Waals surface area contributed by atoms with Crippen LogP contribution >= 0.6 is 35.1 Å². The van der Waals surface area contributed by atoms with Crippen LogP contribution in [0.1, 0.15) is 5.76 Å². The van der Waals surface area contributed by atoms with Gasteiger partial charge in [0.25, 0.3) is 0 Å². The molecule has 0 saturated heterocycles. The number of hydrogen-bond donors (Lipinski definition) is 2. The molecule has 0 radical (unpaired) electrons. The molecule has 0 aliphatic rings. The number of aromatic nitrogens is 3. The fourth-order valence-corrected chi connectivity index (χ4v) is 4.37. The van der Waals surface area contributed by atoms with Gasteiger partial charge in [0.1, 0.15) is 16.4 Å². The summed E-state index contributed by atoms with van der Waals surface area (Å²) in [4.78, 5) is 17.2. The number of aliphatic carboxylic acids is 1. The van der Waals surface area contributed by atoms with E-state index in [2.05, 4.69) is 15.2 Å². The third kappa shape index (κ3) is 5.37. The lowest BCUT2D eigenvalue weighted by molar-refractivity contribution is -0.131. The van der Waals surface area contributed by atoms with Crippen molar-refractivity contribution in [3.05, 3.63) is 76.4 Å². The Labute approximate surface area is 196 Å². The minimum Gasteiger partial charge on any atom is -0.496 e. The fraction of sp³-hybridized carbons (Fsp3) is 0.0455. The molecule has 0 fully saturated rings. The maximum Gasteiger partial charge on any atom is 0.342 e. The van der Waals surface area contributed by atoms with Crippen LogP contribution < -0.4 is 4.74 Å². The first kappa shape index (κ1) is 22.1. The Hall–Kier alpha value is -3.14. The van der Waals surface area contributed by atoms with Gasteiger partial charge in [-0.3, -0.25) is 5.10 Å². The number of benzene rings is 2. The van der Waals surface area contributed by atoms with Crippen LogP contribution in [0.15, 0.2) is 85.1 Å². The number of thioether (sulfide) groups is 1. The quantitative estimate of drug-likeness (QED) is 0.228. The third-order valence-electron chi connectivity index (χ3n) is 4.13. The standard InChI is InChI=1S/C22H16ClN3O4S2/c1-29-17-9-7-13(23)11-16(17)20-24-22(26-25-20)32-18(21(27)28)12-14-8-10-19(30-14)31-15-5-3-2-4-6-15/h2-12H,1H3,(H,27,28)(H,24,25,26)/b18-12-. The molecular weight excluding hydrogens is 470 g/mol. The molecule has 0 spiro atoms. The fourth-order valence-electron chi connectivity index (χ4n) is 2.71. The van der Waals surface area contributed by atoms with Gasteiger partial charge in [-0.1, -0.05) is 41.6 Å². The molecule has 4 aromatic rings. The first-order valence-corrected chi connectivity index (χ1v) is 11.2. The second-order valence-corrected chi connectivity index (χ2v) is 8.82. The number of aromatic amines is 1. The molecule has 2 aromatic carbocycles. The Morgan fingerprint density at radius 3 is 2.75 bits per heavy atom. The van der Waals surface area contributed by atoms with Crippen LogP contribution in [0.4, 0.5) is 0 Å². The van der Waals surface area contributed by atoms with Crippen molar-refractivity contribution in [2.75, 3.05) is 7.11 Å². The first-order chi connectivity index (χ1) is 15.5. The number of furan rings is 1. The highest BCUT2D eigenvalue weighted by molar-refractivity contribution is 8.04. The molecule has 0 atom stereocenters. The van der Waals surface area contributed by atoms with E-state index in [-0.39, 0.29) is 10.1 Å². The van der Waals surface area contributed by atoms with Crippen LogP contribution in [0.2, 0.25) is 5.02 Å². The van der Waals surface area contributed by atoms with Gasteiger partial charge >= 0.3 is 5.97 Å². The van der Waals surface area contributed by atoms with Crippen LogP contribution in [0.5, 0.6) is 5.75 Å². The summed E-state index contributed by atoms with van der Waals surface area (Å²) in [6.07, 6.45) is 1.44. The van der Waals surface area contributed by atoms with Crippen molar-refractivity contribution in [2.24, 2.45) is 0 Å². The van der Waals surface area contributed by atoms with Crippen molar-refractivity contribution in [3.8, 4) is 17.1 Å². The maximum absolute atomic E-state index is 11.8. The largest absolute Gasteiger partial charge is 0.496 e. The molecule has 32 heavy (non-hydrogen) atoms. The number of ether oxygens (including phenoxy) is 1. The molecule has 2 heterocycles. The maximum atomic E-state index is 11.8. The smallest absolute Gasteiger partial charge is 0.342 e. The summed E-state index contributed by atoms with van der Waals surface area (Å²) in [6, 6.07) is 18.4. The van der Waals surface area contributed by atoms with Gasteiger partial charge in [-0.15, -0.1) is 5.10 Å². The lowest BCUT2D eigenvalue weighted by Gasteiger charge is -2.05. The van der Waals surface area contributed by atoms with Gasteiger partial charge in [-0.2, -0.15) is 0 Å². The second kappa shape index (κ2) is 9.99. The van der Waals surface area contributed by atoms with Crippen molar-refractivity contribution >= 4 is 47.2 Å². The highest BCUT2D eigenvalue weighted by Crippen LogP contribution is 2.34. The summed E-state index contributed by atoms with van der Waals surface area (Å²) in [7, 11) is 1.54. The Morgan fingerprint density at radius 2 is 2.00 bits per heavy atom. The molecule has 7 nitrogen and oxygen atoms in total. The van der Waals surface area contributed by atoms with E-state index in [4.69, 9.17) is 20.8 Å². The average Bonchev–Trinajstić information content (AvgIpc) is 3.43. The summed E-state index contributed by atoms with van der Waals surface area (Å²) in [5.41, 5.74) is 0.619. The number of nitrogens with one attached hydrogen (secondary N) is 1. The minimum absolute atomic E-state index is 0.0132. The Balaban J connectivity index is 1.53. The minimum atomic E-state index is -1.12. The SMILES string of the molecule is COc1ccc(Cl)cc1-c1nc(S/C(=C\c2ccc(Sc3ccccc3)o2)C(=O)O)n[nH]1. The summed E-state index contributed by atoms with van der Waals surface area (Å²) < 4.78 is 11.1. The van der Waals surface area contributed by atoms with E-state index in [1.165, 1.54) is 24.9 Å². The van der Waals surface area contributed by atoms with E-state index >= 15 is 0 Å². The predicted octanol–water partition coefficient (Wildman–Crippen LogP) is 6.10. The number of hydrogen-bond acceptors (Lipinski definition) is 7. The average molecular weight is 486 g/mol. The van der Waals surface area contributed by atoms with Gasteiger partial charge in [0.15, 0.2) is 10.9 Å². The monoisotopic (exact) mass is 485 g/mol. The molecular formula is C22H16ClN3O4S2. The summed E-state index contributed by atoms with van der Waals surface area (Å²) in [5.74, 6) is 0.280. The number of carboxylic acid groups (broad SMARTS) is 1. The predicted molar refractivity (Wildman–Crippen MR) is 124 cm³/mol. The van der Waals surface area contributed by atoms with E-state index in [0.29, 0.717) is 33.0 Å². The van der Waals surface area contributed by atoms with Crippen molar-refractivity contribution in [3.63, 3.8) is 0 Å². The molecule has 0 amide bonds. The van der Waals surface area contributed by atoms with E-state index < -0.39 is 5.97 Å². The molecule has 10 heteroatoms. The molecule has 0 saturated carbocycles. The van der Waals surface area contributed by atoms with E-state index in [0.717, 1.165) is 16.7 Å². The molecule has 0 aliphatic carbocycles. The van der Waals surface area contributed by atoms with Crippen LogP contribution in [-0.4, -0.2) is 33.4 Å². The topological polar surface area (TPSA) is 101 Å². The Bertz CT molecular complexity index is 1270. The number of carbonyl (C=O) groups is 1. The molecule has 0 unspecified atom stereocenters. The van der Waals surface area contributed by atoms with Crippen molar-refractivity contribution in [2.45, 2.75) is 15.1 Å². The zero-order valence-electron chi connectivity index (χ0n) is 16.6. The van der Waals surface area contributed by atoms with E-state index in [9.17, 15) is 9.90 Å². The van der Waals surface area contributed by atoms with E-state index in [1.54, 1.807) is 30.3 Å². The number of carboxylic acids is 1. The highest BCUT2D eigenvalue weighted by Gasteiger charge is 2.17. The normalized spacial score (nSPS) is 11.5. The first-order valence-electron chi connectivity index (χ1n) is 9.24. The van der Waals surface area contributed by atoms with Gasteiger partial charge in [-0.25, -0.2) is 9.78 Å². The zero-order chi connectivity index (χ0) is 22.5. The molecule has 162 valence electrons. The third-order valence-corrected chi connectivity index (χ3v) is 6.17. The van der Waals surface area contributed by atoms with Gasteiger partial charge in [-0.05, 0) is 54.2 Å². The van der Waals surface area contributed by atoms with Crippen LogP contribution in [0.3, 0.4) is 0 Å². The summed E-state index contributed by atoms with van der Waals surface area (Å²) in [5, 5.41) is 18.0. The molecule has 2 N–H and O–H groups in total. The number of halogens is 1. The van der Waals surface area contributed by atoms with Crippen LogP contribution in [0.25, 0.3) is 17.5 Å². The number of methoxy groups -OCH3 is 1. The van der Waals surface area contributed by atoms with Gasteiger partial charge in [0.05, 0.1) is 12.7 Å². The lowest BCUT2D eigenvalue weighted by atomic mass is 10.2. The van der Waals surface area contributed by atoms with Crippen LogP contribution in [-0.2, 0) is 4.79 Å². The number of rotatable bonds is 8. The molecule has 0 aliphatic heterocycles. The molecule has 2 aromatic heterocycles. The van der Waals surface area contributed by atoms with Crippen molar-refractivity contribution < 1.29 is 19.1 Å². The number of nitrogens with zero attached hydrogens (tertiary/aromatic N) is 2. The molecule has 0 bridgehead atoms. The highest BCUT2D eigenvalue weighted by atomic mass is 35.5. The summed E-state index contributed by atoms with van der Waals surface area (Å²) >= 11 is 8.43. The van der Waals surface area contributed by atoms with Gasteiger partial charge < -0.3 is 14.3 Å². The van der Waals surface area contributed by atoms with Crippen LogP contribution in [0, 0.1) is 0 Å². The van der Waals surface area contributed by atoms with Crippen molar-refractivity contribution in [1.29, 1.82) is 0 Å². The Morgan fingerprint density at radius 1 is 1.19 bits per heavy atom. The zero-order valence-corrected chi connectivity index (χ0v) is 19.0. The van der Waals surface area contributed by atoms with Crippen molar-refractivity contribution in [1.82, 2.24) is 15.2 Å². The lowest BCUT2D eigenvalue weighted by Crippen LogP contribution is -1.97. The van der Waals surface area contributed by atoms with Gasteiger partial charge in [0, 0.05) is 16.0 Å². The Kier molecular flexibility index (Phi) is 6.89. The number of H-pyrrole nitrogens is 1.